The Hall–Kier alpha value is -0.740. The Morgan fingerprint density at radius 3 is 2.62 bits per heavy atom. The van der Waals surface area contributed by atoms with Crippen molar-refractivity contribution in [3.63, 3.8) is 0 Å². The van der Waals surface area contributed by atoms with Crippen molar-refractivity contribution >= 4 is 33.5 Å². The summed E-state index contributed by atoms with van der Waals surface area (Å²) in [6.07, 6.45) is -0.678. The van der Waals surface area contributed by atoms with Crippen LogP contribution >= 0.6 is 27.5 Å². The second-order valence-corrected chi connectivity index (χ2v) is 4.64. The van der Waals surface area contributed by atoms with Crippen LogP contribution in [-0.4, -0.2) is 19.2 Å². The predicted octanol–water partition coefficient (Wildman–Crippen LogP) is 3.35. The summed E-state index contributed by atoms with van der Waals surface area (Å²) in [5.74, 6) is 0.0705. The first-order valence-electron chi connectivity index (χ1n) is 4.66. The van der Waals surface area contributed by atoms with Gasteiger partial charge in [0.05, 0.1) is 12.1 Å². The summed E-state index contributed by atoms with van der Waals surface area (Å²) in [6, 6.07) is 3.58. The number of hydrogen-bond donors (Lipinski definition) is 0. The molecule has 0 unspecified atom stereocenters. The molecule has 88 valence electrons. The predicted molar refractivity (Wildman–Crippen MR) is 66.0 cm³/mol. The van der Waals surface area contributed by atoms with Crippen LogP contribution in [0.15, 0.2) is 16.6 Å². The van der Waals surface area contributed by atoms with Crippen LogP contribution in [-0.2, 0) is 9.53 Å². The Labute approximate surface area is 108 Å². The molecule has 16 heavy (non-hydrogen) atoms. The lowest BCUT2D eigenvalue weighted by Gasteiger charge is -2.15. The van der Waals surface area contributed by atoms with Crippen LogP contribution in [0, 0.1) is 6.92 Å². The van der Waals surface area contributed by atoms with Gasteiger partial charge in [-0.2, -0.15) is 0 Å². The van der Waals surface area contributed by atoms with Crippen molar-refractivity contribution in [2.45, 2.75) is 20.0 Å². The summed E-state index contributed by atoms with van der Waals surface area (Å²) < 4.78 is 10.9. The molecular weight excluding hydrogens is 295 g/mol. The molecule has 3 nitrogen and oxygen atoms in total. The van der Waals surface area contributed by atoms with Crippen LogP contribution in [0.4, 0.5) is 0 Å². The summed E-state index contributed by atoms with van der Waals surface area (Å²) in [5, 5.41) is 0.461. The summed E-state index contributed by atoms with van der Waals surface area (Å²) >= 11 is 9.34. The van der Waals surface area contributed by atoms with E-state index in [0.717, 1.165) is 10.0 Å². The third kappa shape index (κ3) is 3.12. The molecule has 1 aromatic carbocycles. The van der Waals surface area contributed by atoms with E-state index in [9.17, 15) is 4.79 Å². The third-order valence-electron chi connectivity index (χ3n) is 2.02. The Morgan fingerprint density at radius 1 is 1.50 bits per heavy atom. The number of esters is 1. The Morgan fingerprint density at radius 2 is 2.12 bits per heavy atom. The molecule has 0 aliphatic carbocycles. The van der Waals surface area contributed by atoms with Gasteiger partial charge in [-0.3, -0.25) is 0 Å². The van der Waals surface area contributed by atoms with Gasteiger partial charge in [-0.05, 0) is 31.5 Å². The molecule has 1 atom stereocenters. The average molecular weight is 308 g/mol. The van der Waals surface area contributed by atoms with E-state index >= 15 is 0 Å². The van der Waals surface area contributed by atoms with Crippen LogP contribution < -0.4 is 4.74 Å². The lowest BCUT2D eigenvalue weighted by molar-refractivity contribution is -0.147. The highest BCUT2D eigenvalue weighted by atomic mass is 79.9. The number of aryl methyl sites for hydroxylation is 1. The van der Waals surface area contributed by atoms with Crippen LogP contribution in [0.25, 0.3) is 0 Å². The monoisotopic (exact) mass is 306 g/mol. The minimum absolute atomic E-state index is 0.432. The number of halogens is 2. The molecule has 0 saturated carbocycles. The van der Waals surface area contributed by atoms with Gasteiger partial charge < -0.3 is 9.47 Å². The highest BCUT2D eigenvalue weighted by Gasteiger charge is 2.17. The minimum Gasteiger partial charge on any atom is -0.477 e. The zero-order valence-corrected chi connectivity index (χ0v) is 11.6. The van der Waals surface area contributed by atoms with Crippen LogP contribution in [0.1, 0.15) is 12.5 Å². The van der Waals surface area contributed by atoms with E-state index in [2.05, 4.69) is 20.7 Å². The highest BCUT2D eigenvalue weighted by molar-refractivity contribution is 9.10. The second-order valence-electron chi connectivity index (χ2n) is 3.32. The summed E-state index contributed by atoms with van der Waals surface area (Å²) in [4.78, 5) is 11.2. The molecule has 0 fully saturated rings. The summed E-state index contributed by atoms with van der Waals surface area (Å²) in [7, 11) is 1.32. The van der Waals surface area contributed by atoms with Gasteiger partial charge in [0, 0.05) is 4.47 Å². The summed E-state index contributed by atoms with van der Waals surface area (Å²) in [6.45, 7) is 3.47. The van der Waals surface area contributed by atoms with Gasteiger partial charge in [-0.25, -0.2) is 4.79 Å². The topological polar surface area (TPSA) is 35.5 Å². The summed E-state index contributed by atoms with van der Waals surface area (Å²) in [5.41, 5.74) is 0.857. The maximum Gasteiger partial charge on any atom is 0.346 e. The van der Waals surface area contributed by atoms with Crippen molar-refractivity contribution < 1.29 is 14.3 Å². The molecule has 0 amide bonds. The third-order valence-corrected chi connectivity index (χ3v) is 2.76. The van der Waals surface area contributed by atoms with Gasteiger partial charge in [0.2, 0.25) is 0 Å². The Bertz CT molecular complexity index is 383. The number of methoxy groups -OCH3 is 1. The zero-order chi connectivity index (χ0) is 12.3. The average Bonchev–Trinajstić information content (AvgIpc) is 2.21. The molecule has 5 heteroatoms. The van der Waals surface area contributed by atoms with E-state index < -0.39 is 12.1 Å². The fourth-order valence-corrected chi connectivity index (χ4v) is 2.24. The Balaban J connectivity index is 2.93. The molecule has 0 N–H and O–H groups in total. The SMILES string of the molecule is COC(=O)[C@H](C)Oc1c(C)cc(Br)cc1Cl. The fourth-order valence-electron chi connectivity index (χ4n) is 1.23. The van der Waals surface area contributed by atoms with E-state index in [4.69, 9.17) is 16.3 Å². The second kappa shape index (κ2) is 5.55. The number of hydrogen-bond acceptors (Lipinski definition) is 3. The van der Waals surface area contributed by atoms with Crippen molar-refractivity contribution in [2.75, 3.05) is 7.11 Å². The number of carbonyl (C=O) groups is 1. The number of ether oxygens (including phenoxy) is 2. The van der Waals surface area contributed by atoms with E-state index in [-0.39, 0.29) is 0 Å². The molecule has 0 spiro atoms. The van der Waals surface area contributed by atoms with Crippen molar-refractivity contribution in [3.8, 4) is 5.75 Å². The van der Waals surface area contributed by atoms with Gasteiger partial charge in [-0.1, -0.05) is 27.5 Å². The smallest absolute Gasteiger partial charge is 0.346 e. The molecule has 0 heterocycles. The maximum atomic E-state index is 11.2. The quantitative estimate of drug-likeness (QED) is 0.803. The lowest BCUT2D eigenvalue weighted by Crippen LogP contribution is -2.25. The first kappa shape index (κ1) is 13.3. The van der Waals surface area contributed by atoms with Gasteiger partial charge in [0.15, 0.2) is 6.10 Å². The Kier molecular flexibility index (Phi) is 4.62. The molecule has 0 aromatic heterocycles. The molecule has 1 rings (SSSR count). The van der Waals surface area contributed by atoms with Crippen LogP contribution in [0.2, 0.25) is 5.02 Å². The molecule has 0 bridgehead atoms. The largest absolute Gasteiger partial charge is 0.477 e. The molecular formula is C11H12BrClO3. The molecule has 0 aliphatic heterocycles. The molecule has 0 radical (unpaired) electrons. The highest BCUT2D eigenvalue weighted by Crippen LogP contribution is 2.32. The zero-order valence-electron chi connectivity index (χ0n) is 9.21. The van der Waals surface area contributed by atoms with Gasteiger partial charge >= 0.3 is 5.97 Å². The van der Waals surface area contributed by atoms with Crippen LogP contribution in [0.5, 0.6) is 5.75 Å². The maximum absolute atomic E-state index is 11.2. The number of rotatable bonds is 3. The molecule has 0 aliphatic rings. The van der Waals surface area contributed by atoms with E-state index in [1.165, 1.54) is 7.11 Å². The first-order chi connectivity index (χ1) is 7.45. The lowest BCUT2D eigenvalue weighted by atomic mass is 10.2. The molecule has 1 aromatic rings. The molecule has 0 saturated heterocycles. The number of benzene rings is 1. The number of carbonyl (C=O) groups excluding carboxylic acids is 1. The fraction of sp³-hybridized carbons (Fsp3) is 0.364. The standard InChI is InChI=1S/C11H12BrClO3/c1-6-4-8(12)5-9(13)10(6)16-7(2)11(14)15-3/h4-5,7H,1-3H3/t7-/m0/s1. The van der Waals surface area contributed by atoms with Gasteiger partial charge in [0.25, 0.3) is 0 Å². The normalized spacial score (nSPS) is 12.1. The van der Waals surface area contributed by atoms with Crippen molar-refractivity contribution in [2.24, 2.45) is 0 Å². The van der Waals surface area contributed by atoms with Crippen molar-refractivity contribution in [1.82, 2.24) is 0 Å². The van der Waals surface area contributed by atoms with Crippen LogP contribution in [0.3, 0.4) is 0 Å². The van der Waals surface area contributed by atoms with E-state index in [1.54, 1.807) is 13.0 Å². The van der Waals surface area contributed by atoms with Crippen molar-refractivity contribution in [1.29, 1.82) is 0 Å². The first-order valence-corrected chi connectivity index (χ1v) is 5.83. The van der Waals surface area contributed by atoms with E-state index in [1.807, 2.05) is 13.0 Å². The van der Waals surface area contributed by atoms with Crippen molar-refractivity contribution in [3.05, 3.63) is 27.2 Å². The minimum atomic E-state index is -0.678. The van der Waals surface area contributed by atoms with Gasteiger partial charge in [0.1, 0.15) is 5.75 Å². The van der Waals surface area contributed by atoms with Gasteiger partial charge in [-0.15, -0.1) is 0 Å². The van der Waals surface area contributed by atoms with E-state index in [0.29, 0.717) is 10.8 Å².